The zero-order valence-electron chi connectivity index (χ0n) is 17.6. The van der Waals surface area contributed by atoms with Crippen LogP contribution in [0.4, 0.5) is 11.5 Å². The largest absolute Gasteiger partial charge is 0.491 e. The lowest BCUT2D eigenvalue weighted by Crippen LogP contribution is -2.17. The van der Waals surface area contributed by atoms with Gasteiger partial charge < -0.3 is 10.1 Å². The molecule has 1 N–H and O–H groups in total. The number of fused-ring (bicyclic) bond motifs is 1. The van der Waals surface area contributed by atoms with Crippen LogP contribution in [0.5, 0.6) is 5.75 Å². The second-order valence-corrected chi connectivity index (χ2v) is 7.55. The molecule has 4 aromatic rings. The highest BCUT2D eigenvalue weighted by Crippen LogP contribution is 2.36. The van der Waals surface area contributed by atoms with Crippen LogP contribution < -0.4 is 10.1 Å². The first-order valence-corrected chi connectivity index (χ1v) is 10.2. The maximum atomic E-state index is 13.0. The predicted molar refractivity (Wildman–Crippen MR) is 121 cm³/mol. The van der Waals surface area contributed by atoms with Crippen molar-refractivity contribution in [2.24, 2.45) is 4.99 Å². The lowest BCUT2D eigenvalue weighted by molar-refractivity contribution is 0.102. The molecule has 0 saturated heterocycles. The van der Waals surface area contributed by atoms with E-state index in [1.165, 1.54) is 6.33 Å². The van der Waals surface area contributed by atoms with Gasteiger partial charge in [0.2, 0.25) is 0 Å². The second-order valence-electron chi connectivity index (χ2n) is 7.55. The van der Waals surface area contributed by atoms with Crippen LogP contribution in [-0.4, -0.2) is 37.5 Å². The first kappa shape index (κ1) is 19.6. The molecule has 1 amide bonds. The van der Waals surface area contributed by atoms with Crippen LogP contribution in [0.25, 0.3) is 5.69 Å². The number of carbonyl (C=O) groups excluding carboxylic acids is 1. The number of carbonyl (C=O) groups is 1. The molecule has 0 aliphatic carbocycles. The highest BCUT2D eigenvalue weighted by atomic mass is 16.5. The molecular weight excluding hydrogens is 404 g/mol. The van der Waals surface area contributed by atoms with E-state index in [1.807, 2.05) is 56.3 Å². The number of rotatable bonds is 6. The molecule has 5 rings (SSSR count). The first-order valence-electron chi connectivity index (χ1n) is 10.2. The number of hydrogen-bond donors (Lipinski definition) is 1. The number of aliphatic imine (C=N–C) groups is 1. The Morgan fingerprint density at radius 1 is 1.09 bits per heavy atom. The number of ether oxygens (including phenoxy) is 1. The topological polar surface area (TPSA) is 94.3 Å². The molecule has 1 aliphatic rings. The van der Waals surface area contributed by atoms with E-state index in [2.05, 4.69) is 25.4 Å². The number of pyridine rings is 1. The monoisotopic (exact) mass is 424 g/mol. The summed E-state index contributed by atoms with van der Waals surface area (Å²) in [7, 11) is 0. The van der Waals surface area contributed by atoms with Crippen molar-refractivity contribution in [2.45, 2.75) is 20.0 Å². The molecule has 158 valence electrons. The molecule has 2 aromatic heterocycles. The molecule has 0 radical (unpaired) electrons. The second kappa shape index (κ2) is 8.07. The van der Waals surface area contributed by atoms with Gasteiger partial charge in [0.15, 0.2) is 0 Å². The van der Waals surface area contributed by atoms with E-state index in [1.54, 1.807) is 29.3 Å². The maximum absolute atomic E-state index is 13.0. The summed E-state index contributed by atoms with van der Waals surface area (Å²) < 4.78 is 7.35. The standard InChI is InChI=1S/C24H20N6O2/c1-15(2)32-17-7-8-20-19(12-17)23(28-20)16-9-10-26-22(11-16)29-24(31)18-5-3-4-6-21(18)30-14-25-13-27-30/h3-15H,1-2H3,(H,26,29,31). The molecule has 8 heteroatoms. The van der Waals surface area contributed by atoms with E-state index < -0.39 is 0 Å². The average molecular weight is 424 g/mol. The molecule has 8 nitrogen and oxygen atoms in total. The van der Waals surface area contributed by atoms with Crippen molar-refractivity contribution in [3.05, 3.63) is 90.1 Å². The summed E-state index contributed by atoms with van der Waals surface area (Å²) >= 11 is 0. The molecule has 0 spiro atoms. The summed E-state index contributed by atoms with van der Waals surface area (Å²) in [4.78, 5) is 25.8. The molecule has 2 aromatic carbocycles. The van der Waals surface area contributed by atoms with Gasteiger partial charge in [-0.3, -0.25) is 4.79 Å². The van der Waals surface area contributed by atoms with Gasteiger partial charge in [0.05, 0.1) is 28.8 Å². The van der Waals surface area contributed by atoms with E-state index in [4.69, 9.17) is 4.74 Å². The predicted octanol–water partition coefficient (Wildman–Crippen LogP) is 4.18. The van der Waals surface area contributed by atoms with Crippen LogP contribution in [0.15, 0.2) is 78.4 Å². The van der Waals surface area contributed by atoms with Crippen molar-refractivity contribution >= 4 is 23.1 Å². The maximum Gasteiger partial charge on any atom is 0.259 e. The molecule has 0 saturated carbocycles. The van der Waals surface area contributed by atoms with Gasteiger partial charge in [0, 0.05) is 17.3 Å². The highest BCUT2D eigenvalue weighted by molar-refractivity contribution is 6.22. The van der Waals surface area contributed by atoms with Crippen molar-refractivity contribution in [3.63, 3.8) is 0 Å². The van der Waals surface area contributed by atoms with Crippen molar-refractivity contribution < 1.29 is 9.53 Å². The summed E-state index contributed by atoms with van der Waals surface area (Å²) in [6.07, 6.45) is 4.73. The van der Waals surface area contributed by atoms with Crippen LogP contribution in [0.1, 0.15) is 35.3 Å². The Labute approximate surface area is 184 Å². The number of hydrogen-bond acceptors (Lipinski definition) is 6. The van der Waals surface area contributed by atoms with E-state index >= 15 is 0 Å². The van der Waals surface area contributed by atoms with Crippen LogP contribution >= 0.6 is 0 Å². The molecule has 1 aliphatic heterocycles. The zero-order valence-corrected chi connectivity index (χ0v) is 17.6. The van der Waals surface area contributed by atoms with E-state index in [9.17, 15) is 4.79 Å². The first-order chi connectivity index (χ1) is 15.6. The molecule has 0 fully saturated rings. The normalized spacial score (nSPS) is 12.0. The third-order valence-electron chi connectivity index (χ3n) is 4.92. The third kappa shape index (κ3) is 3.74. The number of benzene rings is 2. The number of aromatic nitrogens is 4. The Morgan fingerprint density at radius 2 is 1.97 bits per heavy atom. The quantitative estimate of drug-likeness (QED) is 0.441. The molecule has 0 unspecified atom stereocenters. The van der Waals surface area contributed by atoms with Gasteiger partial charge in [0.1, 0.15) is 24.2 Å². The van der Waals surface area contributed by atoms with Crippen LogP contribution in [0, 0.1) is 0 Å². The fourth-order valence-corrected chi connectivity index (χ4v) is 3.52. The van der Waals surface area contributed by atoms with Gasteiger partial charge in [-0.05, 0) is 56.3 Å². The zero-order chi connectivity index (χ0) is 22.1. The lowest BCUT2D eigenvalue weighted by Gasteiger charge is -2.21. The van der Waals surface area contributed by atoms with E-state index in [0.29, 0.717) is 17.1 Å². The summed E-state index contributed by atoms with van der Waals surface area (Å²) in [6, 6.07) is 16.7. The van der Waals surface area contributed by atoms with Crippen molar-refractivity contribution in [1.29, 1.82) is 0 Å². The number of amides is 1. The van der Waals surface area contributed by atoms with E-state index in [-0.39, 0.29) is 12.0 Å². The number of nitrogens with zero attached hydrogens (tertiary/aromatic N) is 5. The summed E-state index contributed by atoms with van der Waals surface area (Å²) in [5.41, 5.74) is 4.74. The smallest absolute Gasteiger partial charge is 0.259 e. The van der Waals surface area contributed by atoms with Crippen molar-refractivity contribution in [2.75, 3.05) is 5.32 Å². The SMILES string of the molecule is CC(C)Oc1ccc2c(c1)C(c1ccnc(NC(=O)c3ccccc3-n3cncn3)c1)=N2. The summed E-state index contributed by atoms with van der Waals surface area (Å²) in [5, 5.41) is 7.00. The Hall–Kier alpha value is -4.33. The number of para-hydroxylation sites is 1. The van der Waals surface area contributed by atoms with E-state index in [0.717, 1.165) is 28.3 Å². The lowest BCUT2D eigenvalue weighted by atomic mass is 9.96. The molecule has 32 heavy (non-hydrogen) atoms. The average Bonchev–Trinajstić information content (AvgIpc) is 3.30. The number of anilines is 1. The minimum Gasteiger partial charge on any atom is -0.491 e. The molecule has 3 heterocycles. The van der Waals surface area contributed by atoms with Crippen LogP contribution in [0.2, 0.25) is 0 Å². The van der Waals surface area contributed by atoms with Crippen LogP contribution in [0.3, 0.4) is 0 Å². The van der Waals surface area contributed by atoms with Gasteiger partial charge in [-0.2, -0.15) is 5.10 Å². The fraction of sp³-hybridized carbons (Fsp3) is 0.125. The Kier molecular flexibility index (Phi) is 4.95. The van der Waals surface area contributed by atoms with Gasteiger partial charge >= 0.3 is 0 Å². The van der Waals surface area contributed by atoms with Crippen molar-refractivity contribution in [1.82, 2.24) is 19.7 Å². The Morgan fingerprint density at radius 3 is 2.78 bits per heavy atom. The Balaban J connectivity index is 1.38. The molecule has 0 atom stereocenters. The van der Waals surface area contributed by atoms with Crippen LogP contribution in [-0.2, 0) is 0 Å². The third-order valence-corrected chi connectivity index (χ3v) is 4.92. The summed E-state index contributed by atoms with van der Waals surface area (Å²) in [5.74, 6) is 0.953. The fourth-order valence-electron chi connectivity index (χ4n) is 3.52. The van der Waals surface area contributed by atoms with Gasteiger partial charge in [-0.25, -0.2) is 19.6 Å². The van der Waals surface area contributed by atoms with Crippen molar-refractivity contribution in [3.8, 4) is 11.4 Å². The number of nitrogens with one attached hydrogen (secondary N) is 1. The molecule has 0 bridgehead atoms. The minimum absolute atomic E-state index is 0.0941. The highest BCUT2D eigenvalue weighted by Gasteiger charge is 2.22. The van der Waals surface area contributed by atoms with Gasteiger partial charge in [-0.1, -0.05) is 12.1 Å². The molecular formula is C24H20N6O2. The van der Waals surface area contributed by atoms with Gasteiger partial charge in [0.25, 0.3) is 5.91 Å². The minimum atomic E-state index is -0.288. The van der Waals surface area contributed by atoms with Gasteiger partial charge in [-0.15, -0.1) is 0 Å². The Bertz CT molecular complexity index is 1330. The summed E-state index contributed by atoms with van der Waals surface area (Å²) in [6.45, 7) is 3.99.